The standard InChI is InChI=1S/C18H27NO2/c1-2-12-18(17(20)21)13-8-15-19(18)14-7-6-11-16-9-4-3-5-10-16/h3-5,9-10H,2,6-8,11-15H2,1H3,(H,20,21). The number of aryl methyl sites for hydroxylation is 1. The molecule has 1 aliphatic rings. The van der Waals surface area contributed by atoms with Crippen LogP contribution in [0.1, 0.15) is 51.0 Å². The van der Waals surface area contributed by atoms with Gasteiger partial charge in [-0.1, -0.05) is 43.7 Å². The second-order valence-corrected chi connectivity index (χ2v) is 6.12. The van der Waals surface area contributed by atoms with E-state index in [9.17, 15) is 9.90 Å². The fourth-order valence-corrected chi connectivity index (χ4v) is 3.58. The molecule has 21 heavy (non-hydrogen) atoms. The topological polar surface area (TPSA) is 40.5 Å². The number of benzene rings is 1. The Morgan fingerprint density at radius 1 is 1.29 bits per heavy atom. The highest BCUT2D eigenvalue weighted by Crippen LogP contribution is 2.34. The Morgan fingerprint density at radius 2 is 2.05 bits per heavy atom. The van der Waals surface area contributed by atoms with Crippen LogP contribution in [0.15, 0.2) is 30.3 Å². The molecule has 1 saturated heterocycles. The van der Waals surface area contributed by atoms with E-state index in [0.29, 0.717) is 0 Å². The SMILES string of the molecule is CCCC1(C(=O)O)CCCN1CCCCc1ccccc1. The Hall–Kier alpha value is -1.35. The number of nitrogens with zero attached hydrogens (tertiary/aromatic N) is 1. The van der Waals surface area contributed by atoms with Crippen molar-refractivity contribution < 1.29 is 9.90 Å². The second kappa shape index (κ2) is 7.60. The number of carboxylic acid groups (broad SMARTS) is 1. The van der Waals surface area contributed by atoms with Crippen LogP contribution in [0.3, 0.4) is 0 Å². The highest BCUT2D eigenvalue weighted by Gasteiger charge is 2.46. The molecule has 3 heteroatoms. The molecular formula is C18H27NO2. The lowest BCUT2D eigenvalue weighted by Crippen LogP contribution is -2.50. The summed E-state index contributed by atoms with van der Waals surface area (Å²) >= 11 is 0. The molecule has 1 aromatic rings. The summed E-state index contributed by atoms with van der Waals surface area (Å²) in [6, 6.07) is 10.5. The molecule has 2 rings (SSSR count). The summed E-state index contributed by atoms with van der Waals surface area (Å²) in [5.74, 6) is -0.620. The van der Waals surface area contributed by atoms with E-state index >= 15 is 0 Å². The number of carbonyl (C=O) groups is 1. The zero-order chi connectivity index (χ0) is 15.1. The van der Waals surface area contributed by atoms with Crippen LogP contribution in [-0.4, -0.2) is 34.6 Å². The summed E-state index contributed by atoms with van der Waals surface area (Å²) in [6.45, 7) is 3.94. The van der Waals surface area contributed by atoms with Gasteiger partial charge in [-0.15, -0.1) is 0 Å². The average Bonchev–Trinajstić information content (AvgIpc) is 2.89. The normalized spacial score (nSPS) is 22.5. The number of hydrogen-bond donors (Lipinski definition) is 1. The van der Waals surface area contributed by atoms with Gasteiger partial charge in [0.25, 0.3) is 0 Å². The van der Waals surface area contributed by atoms with E-state index in [1.54, 1.807) is 0 Å². The van der Waals surface area contributed by atoms with E-state index < -0.39 is 11.5 Å². The monoisotopic (exact) mass is 289 g/mol. The third-order valence-electron chi connectivity index (χ3n) is 4.67. The van der Waals surface area contributed by atoms with Gasteiger partial charge < -0.3 is 5.11 Å². The lowest BCUT2D eigenvalue weighted by atomic mass is 9.90. The van der Waals surface area contributed by atoms with Crippen molar-refractivity contribution in [2.45, 2.75) is 57.4 Å². The molecule has 0 radical (unpaired) electrons. The third-order valence-corrected chi connectivity index (χ3v) is 4.67. The van der Waals surface area contributed by atoms with Gasteiger partial charge in [0.05, 0.1) is 0 Å². The number of unbranched alkanes of at least 4 members (excludes halogenated alkanes) is 1. The zero-order valence-corrected chi connectivity index (χ0v) is 13.1. The fraction of sp³-hybridized carbons (Fsp3) is 0.611. The Kier molecular flexibility index (Phi) is 5.80. The molecule has 0 aromatic heterocycles. The van der Waals surface area contributed by atoms with Gasteiger partial charge in [-0.3, -0.25) is 9.69 Å². The quantitative estimate of drug-likeness (QED) is 0.741. The maximum atomic E-state index is 11.7. The second-order valence-electron chi connectivity index (χ2n) is 6.12. The predicted molar refractivity (Wildman–Crippen MR) is 85.5 cm³/mol. The van der Waals surface area contributed by atoms with E-state index in [4.69, 9.17) is 0 Å². The van der Waals surface area contributed by atoms with Gasteiger partial charge in [0.2, 0.25) is 0 Å². The molecule has 0 bridgehead atoms. The van der Waals surface area contributed by atoms with Crippen LogP contribution in [0.25, 0.3) is 0 Å². The minimum atomic E-state index is -0.620. The maximum absolute atomic E-state index is 11.7. The van der Waals surface area contributed by atoms with Crippen LogP contribution in [0.5, 0.6) is 0 Å². The summed E-state index contributed by atoms with van der Waals surface area (Å²) < 4.78 is 0. The third kappa shape index (κ3) is 3.85. The van der Waals surface area contributed by atoms with E-state index in [-0.39, 0.29) is 0 Å². The molecular weight excluding hydrogens is 262 g/mol. The maximum Gasteiger partial charge on any atom is 0.324 e. The minimum absolute atomic E-state index is 0.582. The van der Waals surface area contributed by atoms with E-state index in [2.05, 4.69) is 36.1 Å². The van der Waals surface area contributed by atoms with Gasteiger partial charge >= 0.3 is 5.97 Å². The first kappa shape index (κ1) is 16.0. The summed E-state index contributed by atoms with van der Waals surface area (Å²) in [5, 5.41) is 9.66. The molecule has 116 valence electrons. The number of hydrogen-bond acceptors (Lipinski definition) is 2. The van der Waals surface area contributed by atoms with Gasteiger partial charge in [-0.05, 0) is 57.2 Å². The average molecular weight is 289 g/mol. The van der Waals surface area contributed by atoms with Gasteiger partial charge in [-0.2, -0.15) is 0 Å². The summed E-state index contributed by atoms with van der Waals surface area (Å²) in [7, 11) is 0. The molecule has 0 spiro atoms. The van der Waals surface area contributed by atoms with Crippen molar-refractivity contribution in [3.63, 3.8) is 0 Å². The van der Waals surface area contributed by atoms with Gasteiger partial charge in [0.15, 0.2) is 0 Å². The van der Waals surface area contributed by atoms with Crippen LogP contribution in [-0.2, 0) is 11.2 Å². The highest BCUT2D eigenvalue weighted by molar-refractivity contribution is 5.79. The lowest BCUT2D eigenvalue weighted by Gasteiger charge is -2.34. The van der Waals surface area contributed by atoms with Crippen LogP contribution < -0.4 is 0 Å². The Balaban J connectivity index is 1.82. The Labute approximate surface area is 128 Å². The van der Waals surface area contributed by atoms with Crippen molar-refractivity contribution in [2.75, 3.05) is 13.1 Å². The summed E-state index contributed by atoms with van der Waals surface area (Å²) in [4.78, 5) is 14.0. The number of likely N-dealkylation sites (tertiary alicyclic amines) is 1. The predicted octanol–water partition coefficient (Wildman–Crippen LogP) is 3.73. The zero-order valence-electron chi connectivity index (χ0n) is 13.1. The first-order valence-corrected chi connectivity index (χ1v) is 8.21. The first-order chi connectivity index (χ1) is 10.2. The molecule has 0 saturated carbocycles. The lowest BCUT2D eigenvalue weighted by molar-refractivity contribution is -0.150. The van der Waals surface area contributed by atoms with Gasteiger partial charge in [0.1, 0.15) is 5.54 Å². The van der Waals surface area contributed by atoms with Crippen molar-refractivity contribution in [3.05, 3.63) is 35.9 Å². The molecule has 0 amide bonds. The molecule has 1 fully saturated rings. The molecule has 1 heterocycles. The van der Waals surface area contributed by atoms with E-state index in [0.717, 1.165) is 58.0 Å². The fourth-order valence-electron chi connectivity index (χ4n) is 3.58. The summed E-state index contributed by atoms with van der Waals surface area (Å²) in [6.07, 6.45) is 6.84. The van der Waals surface area contributed by atoms with E-state index in [1.807, 2.05) is 6.07 Å². The number of rotatable bonds is 8. The minimum Gasteiger partial charge on any atom is -0.480 e. The van der Waals surface area contributed by atoms with Crippen molar-refractivity contribution in [3.8, 4) is 0 Å². The van der Waals surface area contributed by atoms with Gasteiger partial charge in [0, 0.05) is 0 Å². The summed E-state index contributed by atoms with van der Waals surface area (Å²) in [5.41, 5.74) is 0.790. The van der Waals surface area contributed by atoms with Crippen LogP contribution in [0, 0.1) is 0 Å². The number of aliphatic carboxylic acids is 1. The van der Waals surface area contributed by atoms with Crippen molar-refractivity contribution in [2.24, 2.45) is 0 Å². The van der Waals surface area contributed by atoms with Crippen molar-refractivity contribution in [1.82, 2.24) is 4.90 Å². The number of carboxylic acids is 1. The van der Waals surface area contributed by atoms with Crippen LogP contribution in [0.2, 0.25) is 0 Å². The van der Waals surface area contributed by atoms with Crippen LogP contribution >= 0.6 is 0 Å². The first-order valence-electron chi connectivity index (χ1n) is 8.21. The molecule has 1 N–H and O–H groups in total. The molecule has 3 nitrogen and oxygen atoms in total. The molecule has 1 aliphatic heterocycles. The molecule has 1 aromatic carbocycles. The molecule has 1 unspecified atom stereocenters. The Morgan fingerprint density at radius 3 is 2.71 bits per heavy atom. The molecule has 1 atom stereocenters. The largest absolute Gasteiger partial charge is 0.480 e. The van der Waals surface area contributed by atoms with Gasteiger partial charge in [-0.25, -0.2) is 0 Å². The van der Waals surface area contributed by atoms with Crippen molar-refractivity contribution in [1.29, 1.82) is 0 Å². The smallest absolute Gasteiger partial charge is 0.324 e. The molecule has 0 aliphatic carbocycles. The van der Waals surface area contributed by atoms with Crippen LogP contribution in [0.4, 0.5) is 0 Å². The van der Waals surface area contributed by atoms with Crippen molar-refractivity contribution >= 4 is 5.97 Å². The Bertz CT molecular complexity index is 446. The highest BCUT2D eigenvalue weighted by atomic mass is 16.4. The van der Waals surface area contributed by atoms with E-state index in [1.165, 1.54) is 5.56 Å².